The van der Waals surface area contributed by atoms with Gasteiger partial charge in [0.05, 0.1) is 7.11 Å². The Labute approximate surface area is 130 Å². The average Bonchev–Trinajstić information content (AvgIpc) is 2.91. The minimum atomic E-state index is 0.0843. The summed E-state index contributed by atoms with van der Waals surface area (Å²) in [7, 11) is 1.68. The molecule has 2 unspecified atom stereocenters. The summed E-state index contributed by atoms with van der Waals surface area (Å²) in [6, 6.07) is 14.4. The lowest BCUT2D eigenvalue weighted by Gasteiger charge is -2.21. The zero-order chi connectivity index (χ0) is 14.8. The zero-order valence-corrected chi connectivity index (χ0v) is 12.9. The molecule has 0 saturated carbocycles. The molecule has 0 aliphatic heterocycles. The number of benzene rings is 2. The number of hydrogen-bond acceptors (Lipinski definition) is 2. The van der Waals surface area contributed by atoms with Gasteiger partial charge in [-0.3, -0.25) is 0 Å². The number of halogens is 1. The van der Waals surface area contributed by atoms with Crippen LogP contribution in [0.4, 0.5) is 0 Å². The Hall–Kier alpha value is -1.51. The van der Waals surface area contributed by atoms with Gasteiger partial charge >= 0.3 is 0 Å². The van der Waals surface area contributed by atoms with Gasteiger partial charge in [0.1, 0.15) is 5.75 Å². The van der Waals surface area contributed by atoms with E-state index in [0.29, 0.717) is 5.92 Å². The Morgan fingerprint density at radius 3 is 2.90 bits per heavy atom. The van der Waals surface area contributed by atoms with E-state index in [2.05, 4.69) is 24.3 Å². The highest BCUT2D eigenvalue weighted by Gasteiger charge is 2.27. The maximum Gasteiger partial charge on any atom is 0.122 e. The summed E-state index contributed by atoms with van der Waals surface area (Å²) in [6.07, 6.45) is 3.04. The van der Waals surface area contributed by atoms with Gasteiger partial charge in [0.2, 0.25) is 0 Å². The highest BCUT2D eigenvalue weighted by molar-refractivity contribution is 6.30. The molecule has 1 aliphatic carbocycles. The van der Waals surface area contributed by atoms with Crippen LogP contribution in [0, 0.1) is 0 Å². The molecule has 2 N–H and O–H groups in total. The molecule has 0 heterocycles. The molecule has 2 nitrogen and oxygen atoms in total. The summed E-state index contributed by atoms with van der Waals surface area (Å²) in [6.45, 7) is 0. The molecule has 21 heavy (non-hydrogen) atoms. The van der Waals surface area contributed by atoms with E-state index >= 15 is 0 Å². The quantitative estimate of drug-likeness (QED) is 0.928. The van der Waals surface area contributed by atoms with Crippen molar-refractivity contribution in [2.24, 2.45) is 5.73 Å². The molecule has 2 aromatic carbocycles. The average molecular weight is 302 g/mol. The van der Waals surface area contributed by atoms with Crippen molar-refractivity contribution in [3.8, 4) is 5.75 Å². The Morgan fingerprint density at radius 2 is 2.10 bits per heavy atom. The topological polar surface area (TPSA) is 35.2 Å². The van der Waals surface area contributed by atoms with Crippen LogP contribution < -0.4 is 10.5 Å². The van der Waals surface area contributed by atoms with Crippen molar-refractivity contribution >= 4 is 11.6 Å². The smallest absolute Gasteiger partial charge is 0.122 e. The second-order valence-corrected chi connectivity index (χ2v) is 6.10. The van der Waals surface area contributed by atoms with Gasteiger partial charge in [-0.05, 0) is 60.1 Å². The van der Waals surface area contributed by atoms with Crippen LogP contribution in [-0.2, 0) is 12.8 Å². The second kappa shape index (κ2) is 6.08. The van der Waals surface area contributed by atoms with Crippen LogP contribution >= 0.6 is 11.6 Å². The van der Waals surface area contributed by atoms with Crippen molar-refractivity contribution in [3.05, 3.63) is 64.2 Å². The van der Waals surface area contributed by atoms with Gasteiger partial charge in [-0.1, -0.05) is 35.9 Å². The lowest BCUT2D eigenvalue weighted by Crippen LogP contribution is -2.29. The maximum absolute atomic E-state index is 6.50. The monoisotopic (exact) mass is 301 g/mol. The van der Waals surface area contributed by atoms with Crippen molar-refractivity contribution in [3.63, 3.8) is 0 Å². The minimum Gasteiger partial charge on any atom is -0.496 e. The number of aryl methyl sites for hydroxylation is 1. The fourth-order valence-corrected chi connectivity index (χ4v) is 3.53. The van der Waals surface area contributed by atoms with Crippen molar-refractivity contribution in [1.82, 2.24) is 0 Å². The minimum absolute atomic E-state index is 0.0843. The van der Waals surface area contributed by atoms with Gasteiger partial charge in [0, 0.05) is 11.1 Å². The fourth-order valence-electron chi connectivity index (χ4n) is 3.34. The van der Waals surface area contributed by atoms with Crippen LogP contribution in [0.2, 0.25) is 5.02 Å². The first-order valence-corrected chi connectivity index (χ1v) is 7.72. The summed E-state index contributed by atoms with van der Waals surface area (Å²) >= 11 is 6.10. The molecule has 0 saturated heterocycles. The van der Waals surface area contributed by atoms with Crippen LogP contribution in [0.15, 0.2) is 42.5 Å². The molecular weight excluding hydrogens is 282 g/mol. The standard InChI is InChI=1S/C18H20ClNO/c1-21-18-9-7-14(19)10-13(18)11-17(20)16-8-6-12-4-2-3-5-15(12)16/h2-5,7,9-10,16-17H,6,8,11,20H2,1H3. The van der Waals surface area contributed by atoms with Crippen molar-refractivity contribution in [2.45, 2.75) is 31.2 Å². The molecule has 3 rings (SSSR count). The predicted octanol–water partition coefficient (Wildman–Crippen LogP) is 3.95. The normalized spacial score (nSPS) is 18.3. The molecule has 2 aromatic rings. The van der Waals surface area contributed by atoms with Crippen molar-refractivity contribution in [2.75, 3.05) is 7.11 Å². The van der Waals surface area contributed by atoms with E-state index in [9.17, 15) is 0 Å². The summed E-state index contributed by atoms with van der Waals surface area (Å²) in [5.74, 6) is 1.28. The molecule has 2 atom stereocenters. The highest BCUT2D eigenvalue weighted by Crippen LogP contribution is 2.36. The van der Waals surface area contributed by atoms with E-state index in [1.807, 2.05) is 18.2 Å². The molecule has 3 heteroatoms. The van der Waals surface area contributed by atoms with Crippen molar-refractivity contribution < 1.29 is 4.74 Å². The van der Waals surface area contributed by atoms with E-state index in [1.54, 1.807) is 7.11 Å². The molecule has 110 valence electrons. The van der Waals surface area contributed by atoms with E-state index in [1.165, 1.54) is 11.1 Å². The lowest BCUT2D eigenvalue weighted by atomic mass is 9.89. The van der Waals surface area contributed by atoms with Crippen LogP contribution in [0.3, 0.4) is 0 Å². The molecule has 0 amide bonds. The number of ether oxygens (including phenoxy) is 1. The van der Waals surface area contributed by atoms with Gasteiger partial charge in [0.25, 0.3) is 0 Å². The highest BCUT2D eigenvalue weighted by atomic mass is 35.5. The van der Waals surface area contributed by atoms with Gasteiger partial charge in [-0.15, -0.1) is 0 Å². The molecular formula is C18H20ClNO. The van der Waals surface area contributed by atoms with Gasteiger partial charge in [-0.2, -0.15) is 0 Å². The molecule has 0 spiro atoms. The maximum atomic E-state index is 6.50. The summed E-state index contributed by atoms with van der Waals surface area (Å²) in [5, 5.41) is 0.727. The fraction of sp³-hybridized carbons (Fsp3) is 0.333. The Morgan fingerprint density at radius 1 is 1.29 bits per heavy atom. The molecule has 0 bridgehead atoms. The Balaban J connectivity index is 1.82. The summed E-state index contributed by atoms with van der Waals surface area (Å²) in [4.78, 5) is 0. The summed E-state index contributed by atoms with van der Waals surface area (Å²) in [5.41, 5.74) is 10.4. The van der Waals surface area contributed by atoms with E-state index in [0.717, 1.165) is 35.6 Å². The van der Waals surface area contributed by atoms with E-state index in [-0.39, 0.29) is 6.04 Å². The van der Waals surface area contributed by atoms with Crippen LogP contribution in [0.25, 0.3) is 0 Å². The van der Waals surface area contributed by atoms with E-state index in [4.69, 9.17) is 22.1 Å². The number of rotatable bonds is 4. The summed E-state index contributed by atoms with van der Waals surface area (Å²) < 4.78 is 5.42. The molecule has 0 fully saturated rings. The number of hydrogen-bond donors (Lipinski definition) is 1. The third kappa shape index (κ3) is 2.92. The first-order chi connectivity index (χ1) is 10.2. The van der Waals surface area contributed by atoms with E-state index < -0.39 is 0 Å². The van der Waals surface area contributed by atoms with Crippen LogP contribution in [0.1, 0.15) is 29.0 Å². The third-order valence-electron chi connectivity index (χ3n) is 4.39. The zero-order valence-electron chi connectivity index (χ0n) is 12.2. The predicted molar refractivity (Wildman–Crippen MR) is 87.2 cm³/mol. The van der Waals surface area contributed by atoms with Crippen LogP contribution in [-0.4, -0.2) is 13.2 Å². The SMILES string of the molecule is COc1ccc(Cl)cc1CC(N)C1CCc2ccccc21. The number of methoxy groups -OCH3 is 1. The largest absolute Gasteiger partial charge is 0.496 e. The lowest BCUT2D eigenvalue weighted by molar-refractivity contribution is 0.405. The van der Waals surface area contributed by atoms with Gasteiger partial charge in [0.15, 0.2) is 0 Å². The number of nitrogens with two attached hydrogens (primary N) is 1. The van der Waals surface area contributed by atoms with Crippen LogP contribution in [0.5, 0.6) is 5.75 Å². The molecule has 0 aromatic heterocycles. The first-order valence-electron chi connectivity index (χ1n) is 7.35. The third-order valence-corrected chi connectivity index (χ3v) is 4.63. The Bertz CT molecular complexity index is 641. The van der Waals surface area contributed by atoms with Gasteiger partial charge < -0.3 is 10.5 Å². The first kappa shape index (κ1) is 14.4. The van der Waals surface area contributed by atoms with Gasteiger partial charge in [-0.25, -0.2) is 0 Å². The van der Waals surface area contributed by atoms with Crippen molar-refractivity contribution in [1.29, 1.82) is 0 Å². The molecule has 1 aliphatic rings. The molecule has 0 radical (unpaired) electrons. The Kier molecular flexibility index (Phi) is 4.18. The number of fused-ring (bicyclic) bond motifs is 1. The second-order valence-electron chi connectivity index (χ2n) is 5.67.